The lowest BCUT2D eigenvalue weighted by atomic mass is 10.0. The highest BCUT2D eigenvalue weighted by atomic mass is 16.7. The maximum Gasteiger partial charge on any atom is 0.335 e. The molecule has 7 nitrogen and oxygen atoms in total. The lowest BCUT2D eigenvalue weighted by Crippen LogP contribution is -2.48. The number of imide groups is 1. The summed E-state index contributed by atoms with van der Waals surface area (Å²) >= 11 is 0. The van der Waals surface area contributed by atoms with Gasteiger partial charge in [0, 0.05) is 12.5 Å². The van der Waals surface area contributed by atoms with Crippen LogP contribution in [-0.2, 0) is 11.2 Å². The van der Waals surface area contributed by atoms with Crippen LogP contribution >= 0.6 is 0 Å². The third-order valence-corrected chi connectivity index (χ3v) is 5.24. The zero-order valence-corrected chi connectivity index (χ0v) is 16.3. The average molecular weight is 415 g/mol. The van der Waals surface area contributed by atoms with E-state index in [1.165, 1.54) is 0 Å². The summed E-state index contributed by atoms with van der Waals surface area (Å²) in [6, 6.07) is 19.3. The zero-order valence-electron chi connectivity index (χ0n) is 16.3. The van der Waals surface area contributed by atoms with Crippen LogP contribution in [0.25, 0.3) is 0 Å². The Bertz CT molecular complexity index is 1150. The van der Waals surface area contributed by atoms with E-state index >= 15 is 0 Å². The van der Waals surface area contributed by atoms with E-state index in [9.17, 15) is 14.4 Å². The summed E-state index contributed by atoms with van der Waals surface area (Å²) in [4.78, 5) is 40.2. The van der Waals surface area contributed by atoms with Crippen LogP contribution in [0.15, 0.2) is 72.8 Å². The molecular formula is C24H17NO6. The van der Waals surface area contributed by atoms with E-state index in [0.717, 1.165) is 10.5 Å². The number of amides is 2. The number of fused-ring (bicyclic) bond motifs is 2. The molecular weight excluding hydrogens is 398 g/mol. The van der Waals surface area contributed by atoms with E-state index in [1.807, 2.05) is 30.3 Å². The van der Waals surface area contributed by atoms with Gasteiger partial charge >= 0.3 is 5.97 Å². The normalized spacial score (nSPS) is 15.0. The Balaban J connectivity index is 1.47. The highest BCUT2D eigenvalue weighted by molar-refractivity contribution is 6.22. The van der Waals surface area contributed by atoms with Gasteiger partial charge in [-0.25, -0.2) is 4.79 Å². The molecule has 0 bridgehead atoms. The number of carbonyl (C=O) groups is 3. The molecule has 3 aromatic carbocycles. The maximum atomic E-state index is 13.2. The topological polar surface area (TPSA) is 82.1 Å². The molecule has 2 aliphatic rings. The number of ether oxygens (including phenoxy) is 3. The molecule has 0 spiro atoms. The quantitative estimate of drug-likeness (QED) is 0.362. The first-order valence-electron chi connectivity index (χ1n) is 9.74. The molecule has 0 saturated heterocycles. The van der Waals surface area contributed by atoms with Crippen LogP contribution in [0.5, 0.6) is 17.2 Å². The van der Waals surface area contributed by atoms with Crippen LogP contribution in [0.4, 0.5) is 0 Å². The zero-order chi connectivity index (χ0) is 21.4. The van der Waals surface area contributed by atoms with Gasteiger partial charge in [-0.05, 0) is 29.8 Å². The summed E-state index contributed by atoms with van der Waals surface area (Å²) in [5.41, 5.74) is 1.36. The molecule has 0 radical (unpaired) electrons. The number of esters is 1. The van der Waals surface area contributed by atoms with Gasteiger partial charge < -0.3 is 14.2 Å². The predicted octanol–water partition coefficient (Wildman–Crippen LogP) is 3.23. The van der Waals surface area contributed by atoms with Gasteiger partial charge in [-0.3, -0.25) is 14.5 Å². The number of rotatable bonds is 5. The highest BCUT2D eigenvalue weighted by Gasteiger charge is 2.43. The fourth-order valence-corrected chi connectivity index (χ4v) is 3.73. The van der Waals surface area contributed by atoms with Gasteiger partial charge in [0.1, 0.15) is 11.8 Å². The van der Waals surface area contributed by atoms with Crippen molar-refractivity contribution in [2.75, 3.05) is 6.79 Å². The molecule has 0 N–H and O–H groups in total. The Kier molecular flexibility index (Phi) is 4.63. The molecule has 0 aromatic heterocycles. The molecule has 0 aliphatic carbocycles. The Morgan fingerprint density at radius 2 is 1.52 bits per heavy atom. The van der Waals surface area contributed by atoms with E-state index in [-0.39, 0.29) is 30.1 Å². The van der Waals surface area contributed by atoms with Crippen molar-refractivity contribution in [3.05, 3.63) is 89.5 Å². The number of benzene rings is 3. The maximum absolute atomic E-state index is 13.2. The van der Waals surface area contributed by atoms with Crippen molar-refractivity contribution in [1.29, 1.82) is 0 Å². The summed E-state index contributed by atoms with van der Waals surface area (Å²) < 4.78 is 16.2. The third kappa shape index (κ3) is 3.40. The minimum absolute atomic E-state index is 0.0956. The van der Waals surface area contributed by atoms with Crippen molar-refractivity contribution < 1.29 is 28.6 Å². The van der Waals surface area contributed by atoms with E-state index in [0.29, 0.717) is 11.5 Å². The van der Waals surface area contributed by atoms with Gasteiger partial charge in [0.25, 0.3) is 11.8 Å². The highest BCUT2D eigenvalue weighted by Crippen LogP contribution is 2.35. The molecule has 3 aromatic rings. The van der Waals surface area contributed by atoms with Crippen molar-refractivity contribution in [2.45, 2.75) is 12.5 Å². The van der Waals surface area contributed by atoms with Crippen LogP contribution < -0.4 is 14.2 Å². The van der Waals surface area contributed by atoms with Gasteiger partial charge in [-0.2, -0.15) is 0 Å². The molecule has 0 fully saturated rings. The minimum atomic E-state index is -1.12. The molecule has 0 saturated carbocycles. The van der Waals surface area contributed by atoms with Crippen molar-refractivity contribution in [3.8, 4) is 17.2 Å². The summed E-state index contributed by atoms with van der Waals surface area (Å²) in [6.07, 6.45) is 0.135. The molecule has 0 unspecified atom stereocenters. The Morgan fingerprint density at radius 1 is 0.871 bits per heavy atom. The van der Waals surface area contributed by atoms with Crippen LogP contribution in [0.2, 0.25) is 0 Å². The van der Waals surface area contributed by atoms with Gasteiger partial charge in [0.15, 0.2) is 11.5 Å². The number of hydrogen-bond acceptors (Lipinski definition) is 6. The van der Waals surface area contributed by atoms with Gasteiger partial charge in [0.05, 0.1) is 11.1 Å². The number of carbonyl (C=O) groups excluding carboxylic acids is 3. The molecule has 7 heteroatoms. The summed E-state index contributed by atoms with van der Waals surface area (Å²) in [6.45, 7) is 0.0956. The van der Waals surface area contributed by atoms with Crippen molar-refractivity contribution in [1.82, 2.24) is 4.90 Å². The minimum Gasteiger partial charge on any atom is -0.454 e. The lowest BCUT2D eigenvalue weighted by Gasteiger charge is -2.24. The molecule has 154 valence electrons. The smallest absolute Gasteiger partial charge is 0.335 e. The average Bonchev–Trinajstić information content (AvgIpc) is 3.36. The molecule has 2 amide bonds. The lowest BCUT2D eigenvalue weighted by molar-refractivity contribution is -0.138. The number of hydrogen-bond donors (Lipinski definition) is 0. The van der Waals surface area contributed by atoms with Crippen molar-refractivity contribution >= 4 is 17.8 Å². The van der Waals surface area contributed by atoms with E-state index < -0.39 is 23.8 Å². The fourth-order valence-electron chi connectivity index (χ4n) is 3.73. The van der Waals surface area contributed by atoms with E-state index in [2.05, 4.69) is 0 Å². The molecule has 2 aliphatic heterocycles. The van der Waals surface area contributed by atoms with Gasteiger partial charge in [-0.1, -0.05) is 42.5 Å². The van der Waals surface area contributed by atoms with Crippen LogP contribution in [0.1, 0.15) is 26.3 Å². The summed E-state index contributed by atoms with van der Waals surface area (Å²) in [5, 5.41) is 0. The Labute approximate surface area is 177 Å². The monoisotopic (exact) mass is 415 g/mol. The second kappa shape index (κ2) is 7.60. The van der Waals surface area contributed by atoms with E-state index in [4.69, 9.17) is 14.2 Å². The van der Waals surface area contributed by atoms with Crippen molar-refractivity contribution in [3.63, 3.8) is 0 Å². The SMILES string of the molecule is O=C(Oc1ccc2c(c1)OCO2)[C@@H](Cc1ccccc1)N1C(=O)c2ccccc2C1=O. The molecule has 1 atom stereocenters. The van der Waals surface area contributed by atoms with Gasteiger partial charge in [-0.15, -0.1) is 0 Å². The second-order valence-corrected chi connectivity index (χ2v) is 7.17. The Hall–Kier alpha value is -4.13. The van der Waals surface area contributed by atoms with Crippen LogP contribution in [-0.4, -0.2) is 35.5 Å². The second-order valence-electron chi connectivity index (χ2n) is 7.17. The standard InChI is InChI=1S/C24H17NO6/c26-22-17-8-4-5-9-18(17)23(27)25(22)19(12-15-6-2-1-3-7-15)24(28)31-16-10-11-20-21(13-16)30-14-29-20/h1-11,13,19H,12,14H2/t19-/m1/s1. The molecule has 5 rings (SSSR count). The number of nitrogens with zero attached hydrogens (tertiary/aromatic N) is 1. The van der Waals surface area contributed by atoms with E-state index in [1.54, 1.807) is 42.5 Å². The summed E-state index contributed by atoms with van der Waals surface area (Å²) in [7, 11) is 0. The fraction of sp³-hybridized carbons (Fsp3) is 0.125. The third-order valence-electron chi connectivity index (χ3n) is 5.24. The van der Waals surface area contributed by atoms with Crippen molar-refractivity contribution in [2.24, 2.45) is 0 Å². The Morgan fingerprint density at radius 3 is 2.23 bits per heavy atom. The first kappa shape index (κ1) is 18.9. The van der Waals surface area contributed by atoms with Gasteiger partial charge in [0.2, 0.25) is 6.79 Å². The molecule has 31 heavy (non-hydrogen) atoms. The largest absolute Gasteiger partial charge is 0.454 e. The first-order chi connectivity index (χ1) is 15.1. The summed E-state index contributed by atoms with van der Waals surface area (Å²) in [5.74, 6) is -0.471. The first-order valence-corrected chi connectivity index (χ1v) is 9.74. The van der Waals surface area contributed by atoms with Crippen LogP contribution in [0.3, 0.4) is 0 Å². The molecule has 2 heterocycles. The predicted molar refractivity (Wildman–Crippen MR) is 109 cm³/mol. The van der Waals surface area contributed by atoms with Crippen LogP contribution in [0, 0.1) is 0 Å².